The molecule has 3 aromatic carbocycles. The number of nitriles is 1. The molecule has 0 spiro atoms. The van der Waals surface area contributed by atoms with E-state index in [9.17, 15) is 19.6 Å². The fourth-order valence-corrected chi connectivity index (χ4v) is 4.77. The van der Waals surface area contributed by atoms with Gasteiger partial charge in [0.1, 0.15) is 17.2 Å². The number of hydrogen-bond donors (Lipinski definition) is 2. The van der Waals surface area contributed by atoms with Gasteiger partial charge in [-0.2, -0.15) is 5.26 Å². The van der Waals surface area contributed by atoms with Crippen LogP contribution in [0.15, 0.2) is 72.8 Å². The summed E-state index contributed by atoms with van der Waals surface area (Å²) in [7, 11) is 0. The summed E-state index contributed by atoms with van der Waals surface area (Å²) in [4.78, 5) is 41.2. The normalized spacial score (nSPS) is 15.3. The molecule has 3 aromatic rings. The molecule has 8 heteroatoms. The maximum atomic E-state index is 13.9. The van der Waals surface area contributed by atoms with Crippen molar-refractivity contribution >= 4 is 23.6 Å². The molecule has 0 fully saturated rings. The third-order valence-corrected chi connectivity index (χ3v) is 6.89. The van der Waals surface area contributed by atoms with Gasteiger partial charge in [0.25, 0.3) is 0 Å². The van der Waals surface area contributed by atoms with Crippen LogP contribution in [0, 0.1) is 11.3 Å². The van der Waals surface area contributed by atoms with Crippen molar-refractivity contribution in [1.82, 2.24) is 10.6 Å². The molecule has 0 unspecified atom stereocenters. The Morgan fingerprint density at radius 3 is 2.32 bits per heavy atom. The van der Waals surface area contributed by atoms with Gasteiger partial charge in [0.15, 0.2) is 0 Å². The number of carbonyl (C=O) groups excluding carboxylic acids is 3. The topological polar surface area (TPSA) is 112 Å². The van der Waals surface area contributed by atoms with Crippen molar-refractivity contribution in [1.29, 1.82) is 5.26 Å². The first-order chi connectivity index (χ1) is 19.4. The monoisotopic (exact) mass is 552 g/mol. The van der Waals surface area contributed by atoms with Crippen LogP contribution in [0.25, 0.3) is 11.1 Å². The highest BCUT2D eigenvalue weighted by atomic mass is 16.6. The smallest absolute Gasteiger partial charge is 0.408 e. The van der Waals surface area contributed by atoms with Crippen LogP contribution in [0.5, 0.6) is 0 Å². The molecule has 3 amide bonds. The van der Waals surface area contributed by atoms with Crippen molar-refractivity contribution in [3.05, 3.63) is 89.5 Å². The number of hydrogen-bond acceptors (Lipinski definition) is 5. The molecule has 1 aliphatic rings. The van der Waals surface area contributed by atoms with E-state index in [2.05, 4.69) is 16.7 Å². The first-order valence-corrected chi connectivity index (χ1v) is 13.7. The Balaban J connectivity index is 1.54. The Bertz CT molecular complexity index is 1480. The van der Waals surface area contributed by atoms with Crippen LogP contribution in [0.1, 0.15) is 57.7 Å². The number of amides is 3. The summed E-state index contributed by atoms with van der Waals surface area (Å²) in [5, 5.41) is 15.0. The fraction of sp³-hybridized carbons (Fsp3) is 0.333. The maximum absolute atomic E-state index is 13.9. The molecule has 41 heavy (non-hydrogen) atoms. The molecule has 0 aliphatic carbocycles. The van der Waals surface area contributed by atoms with Gasteiger partial charge in [-0.25, -0.2) is 4.79 Å². The van der Waals surface area contributed by atoms with E-state index in [0.29, 0.717) is 24.9 Å². The quantitative estimate of drug-likeness (QED) is 0.420. The van der Waals surface area contributed by atoms with Crippen LogP contribution >= 0.6 is 0 Å². The number of benzene rings is 3. The number of rotatable bonds is 6. The molecular weight excluding hydrogens is 516 g/mol. The van der Waals surface area contributed by atoms with Gasteiger partial charge in [-0.15, -0.1) is 0 Å². The molecule has 212 valence electrons. The van der Waals surface area contributed by atoms with E-state index in [4.69, 9.17) is 4.74 Å². The molecular formula is C33H36N4O4. The third-order valence-electron chi connectivity index (χ3n) is 6.89. The van der Waals surface area contributed by atoms with Crippen LogP contribution in [0.3, 0.4) is 0 Å². The van der Waals surface area contributed by atoms with Crippen molar-refractivity contribution in [2.24, 2.45) is 0 Å². The molecule has 1 aliphatic heterocycles. The summed E-state index contributed by atoms with van der Waals surface area (Å²) < 4.78 is 5.31. The molecule has 8 nitrogen and oxygen atoms in total. The van der Waals surface area contributed by atoms with Gasteiger partial charge in [-0.1, -0.05) is 60.7 Å². The number of carbonyl (C=O) groups is 3. The molecule has 0 saturated heterocycles. The molecule has 4 rings (SSSR count). The van der Waals surface area contributed by atoms with E-state index < -0.39 is 29.2 Å². The van der Waals surface area contributed by atoms with Crippen LogP contribution < -0.4 is 15.5 Å². The number of alkyl carbamates (subject to hydrolysis) is 1. The predicted molar refractivity (Wildman–Crippen MR) is 158 cm³/mol. The lowest BCUT2D eigenvalue weighted by Crippen LogP contribution is -2.59. The largest absolute Gasteiger partial charge is 0.444 e. The van der Waals surface area contributed by atoms with Crippen molar-refractivity contribution in [2.45, 2.75) is 71.2 Å². The number of fused-ring (bicyclic) bond motifs is 1. The summed E-state index contributed by atoms with van der Waals surface area (Å²) in [5.74, 6) is -0.705. The van der Waals surface area contributed by atoms with E-state index in [1.165, 1.54) is 0 Å². The summed E-state index contributed by atoms with van der Waals surface area (Å²) in [6.45, 7) is 8.69. The lowest BCUT2D eigenvalue weighted by atomic mass is 9.99. The first kappa shape index (κ1) is 29.3. The van der Waals surface area contributed by atoms with Crippen LogP contribution in [0.2, 0.25) is 0 Å². The highest BCUT2D eigenvalue weighted by Crippen LogP contribution is 2.30. The van der Waals surface area contributed by atoms with E-state index in [1.807, 2.05) is 66.7 Å². The minimum atomic E-state index is -1.30. The average Bonchev–Trinajstić information content (AvgIpc) is 3.04. The van der Waals surface area contributed by atoms with Crippen LogP contribution in [-0.4, -0.2) is 35.1 Å². The zero-order valence-corrected chi connectivity index (χ0v) is 24.2. The molecule has 2 N–H and O–H groups in total. The second-order valence-corrected chi connectivity index (χ2v) is 11.7. The molecule has 0 aromatic heterocycles. The van der Waals surface area contributed by atoms with Crippen molar-refractivity contribution in [2.75, 3.05) is 4.90 Å². The Kier molecular flexibility index (Phi) is 8.48. The van der Waals surface area contributed by atoms with Gasteiger partial charge in [-0.05, 0) is 81.8 Å². The molecule has 0 bridgehead atoms. The van der Waals surface area contributed by atoms with Gasteiger partial charge >= 0.3 is 6.09 Å². The van der Waals surface area contributed by atoms with Gasteiger partial charge in [0.05, 0.1) is 18.2 Å². The predicted octanol–water partition coefficient (Wildman–Crippen LogP) is 5.49. The highest BCUT2D eigenvalue weighted by Gasteiger charge is 2.37. The highest BCUT2D eigenvalue weighted by molar-refractivity contribution is 6.01. The summed E-state index contributed by atoms with van der Waals surface area (Å²) >= 11 is 0. The van der Waals surface area contributed by atoms with Gasteiger partial charge in [0, 0.05) is 5.69 Å². The number of para-hydroxylation sites is 1. The minimum absolute atomic E-state index is 0.227. The standard InChI is InChI=1S/C33H36N4O4/c1-32(2,3)41-31(40)36-33(4,5)30(39)35-27-19-18-24-10-7-9-13-28(24)37(29(27)38)21-22-14-16-23(17-15-22)26-12-8-6-11-25(26)20-34/h6-17,27H,18-19,21H2,1-5H3,(H,35,39)(H,36,40)/t27-/m1/s1. The first-order valence-electron chi connectivity index (χ1n) is 13.7. The lowest BCUT2D eigenvalue weighted by Gasteiger charge is -2.31. The summed E-state index contributed by atoms with van der Waals surface area (Å²) in [6.07, 6.45) is 0.317. The Hall–Kier alpha value is -4.64. The molecule has 0 radical (unpaired) electrons. The molecule has 0 saturated carbocycles. The third kappa shape index (κ3) is 7.12. The minimum Gasteiger partial charge on any atom is -0.444 e. The second-order valence-electron chi connectivity index (χ2n) is 11.7. The van der Waals surface area contributed by atoms with Gasteiger partial charge < -0.3 is 20.3 Å². The van der Waals surface area contributed by atoms with Crippen LogP contribution in [-0.2, 0) is 27.3 Å². The van der Waals surface area contributed by atoms with Crippen molar-refractivity contribution in [3.8, 4) is 17.2 Å². The average molecular weight is 553 g/mol. The van der Waals surface area contributed by atoms with Crippen LogP contribution in [0.4, 0.5) is 10.5 Å². The number of nitrogens with zero attached hydrogens (tertiary/aromatic N) is 2. The maximum Gasteiger partial charge on any atom is 0.408 e. The zero-order valence-electron chi connectivity index (χ0n) is 24.2. The van der Waals surface area contributed by atoms with Gasteiger partial charge in [0.2, 0.25) is 11.8 Å². The van der Waals surface area contributed by atoms with Gasteiger partial charge in [-0.3, -0.25) is 9.59 Å². The second kappa shape index (κ2) is 11.8. The van der Waals surface area contributed by atoms with E-state index >= 15 is 0 Å². The number of nitrogens with one attached hydrogen (secondary N) is 2. The van der Waals surface area contributed by atoms with E-state index in [0.717, 1.165) is 27.9 Å². The SMILES string of the molecule is CC(C)(C)OC(=O)NC(C)(C)C(=O)N[C@@H]1CCc2ccccc2N(Cc2ccc(-c3ccccc3C#N)cc2)C1=O. The lowest BCUT2D eigenvalue weighted by molar-refractivity contribution is -0.131. The van der Waals surface area contributed by atoms with Crippen molar-refractivity contribution in [3.63, 3.8) is 0 Å². The Morgan fingerprint density at radius 2 is 1.63 bits per heavy atom. The van der Waals surface area contributed by atoms with Crippen molar-refractivity contribution < 1.29 is 19.1 Å². The molecule has 1 atom stereocenters. The number of aryl methyl sites for hydroxylation is 1. The number of ether oxygens (including phenoxy) is 1. The fourth-order valence-electron chi connectivity index (χ4n) is 4.77. The molecule has 1 heterocycles. The number of anilines is 1. The zero-order chi connectivity index (χ0) is 29.8. The Labute approximate surface area is 241 Å². The summed E-state index contributed by atoms with van der Waals surface area (Å²) in [6, 6.07) is 24.4. The van der Waals surface area contributed by atoms with E-state index in [-0.39, 0.29) is 5.91 Å². The van der Waals surface area contributed by atoms with E-state index in [1.54, 1.807) is 45.6 Å². The Morgan fingerprint density at radius 1 is 0.976 bits per heavy atom. The summed E-state index contributed by atoms with van der Waals surface area (Å²) in [5.41, 5.74) is 3.08.